The number of carbonyl (C=O) groups excluding carboxylic acids is 1. The van der Waals surface area contributed by atoms with E-state index >= 15 is 0 Å². The number of amides is 1. The van der Waals surface area contributed by atoms with Gasteiger partial charge in [-0.05, 0) is 30.9 Å². The Morgan fingerprint density at radius 3 is 2.92 bits per heavy atom. The SMILES string of the molecule is O=C(CC1CCCCO1)Nc1cc(OCc2ccccc2)ccn1. The third-order valence-electron chi connectivity index (χ3n) is 3.93. The highest BCUT2D eigenvalue weighted by atomic mass is 16.5. The lowest BCUT2D eigenvalue weighted by atomic mass is 10.1. The van der Waals surface area contributed by atoms with Crippen LogP contribution < -0.4 is 10.1 Å². The van der Waals surface area contributed by atoms with Crippen molar-refractivity contribution in [1.82, 2.24) is 4.98 Å². The number of pyridine rings is 1. The zero-order chi connectivity index (χ0) is 16.6. The van der Waals surface area contributed by atoms with Gasteiger partial charge in [0.2, 0.25) is 5.91 Å². The van der Waals surface area contributed by atoms with Crippen molar-refractivity contribution < 1.29 is 14.3 Å². The minimum Gasteiger partial charge on any atom is -0.489 e. The summed E-state index contributed by atoms with van der Waals surface area (Å²) in [5, 5.41) is 2.82. The molecular weight excluding hydrogens is 304 g/mol. The molecule has 1 unspecified atom stereocenters. The molecule has 0 bridgehead atoms. The quantitative estimate of drug-likeness (QED) is 0.882. The summed E-state index contributed by atoms with van der Waals surface area (Å²) in [6.07, 6.45) is 5.18. The van der Waals surface area contributed by atoms with Gasteiger partial charge in [0, 0.05) is 18.9 Å². The molecule has 1 aromatic heterocycles. The number of nitrogens with zero attached hydrogens (tertiary/aromatic N) is 1. The van der Waals surface area contributed by atoms with Crippen LogP contribution in [0.1, 0.15) is 31.2 Å². The Bertz CT molecular complexity index is 655. The van der Waals surface area contributed by atoms with Crippen molar-refractivity contribution in [1.29, 1.82) is 0 Å². The number of hydrogen-bond acceptors (Lipinski definition) is 4. The van der Waals surface area contributed by atoms with E-state index in [9.17, 15) is 4.79 Å². The van der Waals surface area contributed by atoms with Gasteiger partial charge in [-0.2, -0.15) is 0 Å². The number of hydrogen-bond donors (Lipinski definition) is 1. The predicted molar refractivity (Wildman–Crippen MR) is 91.8 cm³/mol. The molecule has 1 amide bonds. The minimum absolute atomic E-state index is 0.0243. The highest BCUT2D eigenvalue weighted by molar-refractivity contribution is 5.90. The number of rotatable bonds is 6. The van der Waals surface area contributed by atoms with Crippen LogP contribution >= 0.6 is 0 Å². The first-order chi connectivity index (χ1) is 11.8. The maximum Gasteiger partial charge on any atom is 0.228 e. The second-order valence-electron chi connectivity index (χ2n) is 5.89. The molecule has 1 aliphatic rings. The van der Waals surface area contributed by atoms with Gasteiger partial charge < -0.3 is 14.8 Å². The lowest BCUT2D eigenvalue weighted by molar-refractivity contribution is -0.119. The summed E-state index contributed by atoms with van der Waals surface area (Å²) in [5.41, 5.74) is 1.09. The number of anilines is 1. The normalized spacial score (nSPS) is 17.2. The van der Waals surface area contributed by atoms with Crippen molar-refractivity contribution in [3.8, 4) is 5.75 Å². The van der Waals surface area contributed by atoms with Gasteiger partial charge in [0.25, 0.3) is 0 Å². The van der Waals surface area contributed by atoms with Crippen molar-refractivity contribution >= 4 is 11.7 Å². The van der Waals surface area contributed by atoms with Gasteiger partial charge in [0.1, 0.15) is 18.2 Å². The van der Waals surface area contributed by atoms with E-state index in [-0.39, 0.29) is 12.0 Å². The average Bonchev–Trinajstić information content (AvgIpc) is 2.62. The topological polar surface area (TPSA) is 60.5 Å². The van der Waals surface area contributed by atoms with Gasteiger partial charge in [0.15, 0.2) is 0 Å². The third-order valence-corrected chi connectivity index (χ3v) is 3.93. The fraction of sp³-hybridized carbons (Fsp3) is 0.368. The van der Waals surface area contributed by atoms with Gasteiger partial charge in [-0.3, -0.25) is 4.79 Å². The Morgan fingerprint density at radius 1 is 1.25 bits per heavy atom. The first kappa shape index (κ1) is 16.5. The van der Waals surface area contributed by atoms with Crippen LogP contribution in [-0.2, 0) is 16.1 Å². The van der Waals surface area contributed by atoms with Gasteiger partial charge in [-0.25, -0.2) is 4.98 Å². The molecule has 2 aromatic rings. The van der Waals surface area contributed by atoms with E-state index in [0.717, 1.165) is 31.4 Å². The van der Waals surface area contributed by atoms with Crippen molar-refractivity contribution in [2.75, 3.05) is 11.9 Å². The zero-order valence-corrected chi connectivity index (χ0v) is 13.6. The summed E-state index contributed by atoms with van der Waals surface area (Å²) >= 11 is 0. The second-order valence-corrected chi connectivity index (χ2v) is 5.89. The summed E-state index contributed by atoms with van der Waals surface area (Å²) in [4.78, 5) is 16.3. The van der Waals surface area contributed by atoms with Crippen LogP contribution in [0.25, 0.3) is 0 Å². The van der Waals surface area contributed by atoms with Crippen molar-refractivity contribution in [2.24, 2.45) is 0 Å². The molecule has 1 aliphatic heterocycles. The summed E-state index contributed by atoms with van der Waals surface area (Å²) in [6.45, 7) is 1.23. The van der Waals surface area contributed by atoms with Crippen LogP contribution in [0.2, 0.25) is 0 Å². The lowest BCUT2D eigenvalue weighted by Gasteiger charge is -2.21. The summed E-state index contributed by atoms with van der Waals surface area (Å²) in [7, 11) is 0. The molecule has 1 fully saturated rings. The Hall–Kier alpha value is -2.40. The molecule has 24 heavy (non-hydrogen) atoms. The smallest absolute Gasteiger partial charge is 0.228 e. The van der Waals surface area contributed by atoms with Crippen molar-refractivity contribution in [3.05, 3.63) is 54.2 Å². The van der Waals surface area contributed by atoms with E-state index in [4.69, 9.17) is 9.47 Å². The van der Waals surface area contributed by atoms with Gasteiger partial charge >= 0.3 is 0 Å². The molecule has 5 heteroatoms. The summed E-state index contributed by atoms with van der Waals surface area (Å²) < 4.78 is 11.3. The number of benzene rings is 1. The predicted octanol–water partition coefficient (Wildman–Crippen LogP) is 3.56. The van der Waals surface area contributed by atoms with Crippen molar-refractivity contribution in [2.45, 2.75) is 38.4 Å². The zero-order valence-electron chi connectivity index (χ0n) is 13.6. The minimum atomic E-state index is -0.0744. The largest absolute Gasteiger partial charge is 0.489 e. The molecular formula is C19H22N2O3. The Labute approximate surface area is 142 Å². The van der Waals surface area contributed by atoms with Gasteiger partial charge in [-0.1, -0.05) is 30.3 Å². The summed E-state index contributed by atoms with van der Waals surface area (Å²) in [6, 6.07) is 13.5. The van der Waals surface area contributed by atoms with Crippen LogP contribution in [0.3, 0.4) is 0 Å². The molecule has 0 aliphatic carbocycles. The van der Waals surface area contributed by atoms with Crippen LogP contribution in [0, 0.1) is 0 Å². The van der Waals surface area contributed by atoms with E-state index in [0.29, 0.717) is 24.6 Å². The maximum absolute atomic E-state index is 12.1. The van der Waals surface area contributed by atoms with E-state index in [1.165, 1.54) is 0 Å². The van der Waals surface area contributed by atoms with Crippen LogP contribution in [0.4, 0.5) is 5.82 Å². The second kappa shape index (κ2) is 8.45. The molecule has 1 aromatic carbocycles. The first-order valence-electron chi connectivity index (χ1n) is 8.34. The molecule has 0 saturated carbocycles. The number of nitrogens with one attached hydrogen (secondary N) is 1. The molecule has 126 valence electrons. The van der Waals surface area contributed by atoms with Crippen LogP contribution in [0.15, 0.2) is 48.7 Å². The molecule has 1 atom stereocenters. The molecule has 5 nitrogen and oxygen atoms in total. The monoisotopic (exact) mass is 326 g/mol. The first-order valence-corrected chi connectivity index (χ1v) is 8.34. The van der Waals surface area contributed by atoms with Gasteiger partial charge in [0.05, 0.1) is 12.5 Å². The van der Waals surface area contributed by atoms with E-state index in [1.54, 1.807) is 18.3 Å². The van der Waals surface area contributed by atoms with E-state index < -0.39 is 0 Å². The van der Waals surface area contributed by atoms with Crippen LogP contribution in [0.5, 0.6) is 5.75 Å². The Morgan fingerprint density at radius 2 is 2.12 bits per heavy atom. The number of aromatic nitrogens is 1. The Balaban J connectivity index is 1.51. The average molecular weight is 326 g/mol. The standard InChI is InChI=1S/C19H22N2O3/c22-19(13-16-8-4-5-11-23-16)21-18-12-17(9-10-20-18)24-14-15-6-2-1-3-7-15/h1-3,6-7,9-10,12,16H,4-5,8,11,13-14H2,(H,20,21,22). The maximum atomic E-state index is 12.1. The molecule has 2 heterocycles. The van der Waals surface area contributed by atoms with Gasteiger partial charge in [-0.15, -0.1) is 0 Å². The van der Waals surface area contributed by atoms with Crippen molar-refractivity contribution in [3.63, 3.8) is 0 Å². The third kappa shape index (κ3) is 5.06. The highest BCUT2D eigenvalue weighted by Gasteiger charge is 2.17. The molecule has 0 radical (unpaired) electrons. The lowest BCUT2D eigenvalue weighted by Crippen LogP contribution is -2.25. The molecule has 1 saturated heterocycles. The molecule has 0 spiro atoms. The van der Waals surface area contributed by atoms with E-state index in [2.05, 4.69) is 10.3 Å². The fourth-order valence-corrected chi connectivity index (χ4v) is 2.68. The number of ether oxygens (including phenoxy) is 2. The summed E-state index contributed by atoms with van der Waals surface area (Å²) in [5.74, 6) is 1.11. The molecule has 3 rings (SSSR count). The van der Waals surface area contributed by atoms with Crippen LogP contribution in [-0.4, -0.2) is 23.6 Å². The number of carbonyl (C=O) groups is 1. The Kier molecular flexibility index (Phi) is 5.80. The molecule has 1 N–H and O–H groups in total. The highest BCUT2D eigenvalue weighted by Crippen LogP contribution is 2.19. The fourth-order valence-electron chi connectivity index (χ4n) is 2.68. The van der Waals surface area contributed by atoms with E-state index in [1.807, 2.05) is 30.3 Å².